The fourth-order valence-electron chi connectivity index (χ4n) is 1.97. The SMILES string of the molecule is CC(c1ccc(Cl)cc1)N(C)C(=O)c1ccc(Br)c(F)c1. The molecule has 0 fully saturated rings. The van der Waals surface area contributed by atoms with Crippen molar-refractivity contribution >= 4 is 33.4 Å². The van der Waals surface area contributed by atoms with Crippen LogP contribution in [0.5, 0.6) is 0 Å². The first kappa shape index (κ1) is 16.0. The topological polar surface area (TPSA) is 20.3 Å². The Kier molecular flexibility index (Phi) is 5.01. The normalized spacial score (nSPS) is 12.0. The average molecular weight is 371 g/mol. The molecule has 0 saturated heterocycles. The van der Waals surface area contributed by atoms with Gasteiger partial charge in [0.25, 0.3) is 5.91 Å². The Labute approximate surface area is 136 Å². The first-order valence-corrected chi connectivity index (χ1v) is 7.55. The summed E-state index contributed by atoms with van der Waals surface area (Å²) in [6.07, 6.45) is 0. The second kappa shape index (κ2) is 6.58. The van der Waals surface area contributed by atoms with Crippen LogP contribution in [0, 0.1) is 5.82 Å². The highest BCUT2D eigenvalue weighted by molar-refractivity contribution is 9.10. The molecule has 1 unspecified atom stereocenters. The van der Waals surface area contributed by atoms with Crippen LogP contribution in [0.3, 0.4) is 0 Å². The summed E-state index contributed by atoms with van der Waals surface area (Å²) >= 11 is 8.94. The summed E-state index contributed by atoms with van der Waals surface area (Å²) in [5, 5.41) is 0.648. The van der Waals surface area contributed by atoms with Crippen molar-refractivity contribution < 1.29 is 9.18 Å². The second-order valence-corrected chi connectivity index (χ2v) is 6.06. The summed E-state index contributed by atoms with van der Waals surface area (Å²) in [5.74, 6) is -0.683. The van der Waals surface area contributed by atoms with E-state index >= 15 is 0 Å². The lowest BCUT2D eigenvalue weighted by Gasteiger charge is -2.25. The third-order valence-electron chi connectivity index (χ3n) is 3.42. The van der Waals surface area contributed by atoms with Gasteiger partial charge in [0.1, 0.15) is 5.82 Å². The van der Waals surface area contributed by atoms with Crippen LogP contribution >= 0.6 is 27.5 Å². The number of carbonyl (C=O) groups excluding carboxylic acids is 1. The third-order valence-corrected chi connectivity index (χ3v) is 4.32. The number of nitrogens with zero attached hydrogens (tertiary/aromatic N) is 1. The minimum Gasteiger partial charge on any atom is -0.335 e. The Hall–Kier alpha value is -1.39. The average Bonchev–Trinajstić information content (AvgIpc) is 2.48. The van der Waals surface area contributed by atoms with Crippen LogP contribution in [-0.4, -0.2) is 17.9 Å². The minimum atomic E-state index is -0.451. The van der Waals surface area contributed by atoms with Crippen LogP contribution in [0.2, 0.25) is 5.02 Å². The standard InChI is InChI=1S/C16H14BrClFNO/c1-10(11-3-6-13(18)7-4-11)20(2)16(21)12-5-8-14(17)15(19)9-12/h3-10H,1-2H3. The fourth-order valence-corrected chi connectivity index (χ4v) is 2.35. The number of benzene rings is 2. The maximum atomic E-state index is 13.5. The number of hydrogen-bond acceptors (Lipinski definition) is 1. The summed E-state index contributed by atoms with van der Waals surface area (Å²) in [6.45, 7) is 1.91. The molecule has 2 aromatic rings. The van der Waals surface area contributed by atoms with Crippen LogP contribution in [-0.2, 0) is 0 Å². The van der Waals surface area contributed by atoms with E-state index in [1.165, 1.54) is 12.1 Å². The third kappa shape index (κ3) is 3.63. The van der Waals surface area contributed by atoms with E-state index in [1.807, 2.05) is 19.1 Å². The van der Waals surface area contributed by atoms with Gasteiger partial charge in [0.2, 0.25) is 0 Å². The maximum absolute atomic E-state index is 13.5. The van der Waals surface area contributed by atoms with Crippen molar-refractivity contribution in [3.63, 3.8) is 0 Å². The molecule has 2 rings (SSSR count). The van der Waals surface area contributed by atoms with Crippen molar-refractivity contribution in [3.8, 4) is 0 Å². The molecule has 0 aliphatic heterocycles. The molecular formula is C16H14BrClFNO. The summed E-state index contributed by atoms with van der Waals surface area (Å²) in [5.41, 5.74) is 1.28. The molecule has 2 nitrogen and oxygen atoms in total. The molecule has 5 heteroatoms. The van der Waals surface area contributed by atoms with E-state index in [4.69, 9.17) is 11.6 Å². The molecule has 0 spiro atoms. The molecule has 0 aliphatic rings. The Balaban J connectivity index is 2.21. The molecule has 110 valence electrons. The van der Waals surface area contributed by atoms with Gasteiger partial charge in [-0.25, -0.2) is 4.39 Å². The number of hydrogen-bond donors (Lipinski definition) is 0. The summed E-state index contributed by atoms with van der Waals surface area (Å²) in [4.78, 5) is 14.0. The Morgan fingerprint density at radius 3 is 2.43 bits per heavy atom. The van der Waals surface area contributed by atoms with Gasteiger partial charge in [0.15, 0.2) is 0 Å². The summed E-state index contributed by atoms with van der Waals surface area (Å²) in [6, 6.07) is 11.5. The molecule has 0 aromatic heterocycles. The van der Waals surface area contributed by atoms with Gasteiger partial charge in [-0.05, 0) is 58.7 Å². The maximum Gasteiger partial charge on any atom is 0.254 e. The summed E-state index contributed by atoms with van der Waals surface area (Å²) < 4.78 is 13.9. The first-order valence-electron chi connectivity index (χ1n) is 6.38. The molecule has 0 aliphatic carbocycles. The molecule has 0 bridgehead atoms. The molecule has 2 aromatic carbocycles. The van der Waals surface area contributed by atoms with Crippen molar-refractivity contribution in [1.29, 1.82) is 0 Å². The lowest BCUT2D eigenvalue weighted by atomic mass is 10.1. The number of amides is 1. The van der Waals surface area contributed by atoms with Gasteiger partial charge in [0, 0.05) is 17.6 Å². The minimum absolute atomic E-state index is 0.138. The van der Waals surface area contributed by atoms with Crippen LogP contribution in [0.15, 0.2) is 46.9 Å². The lowest BCUT2D eigenvalue weighted by Crippen LogP contribution is -2.29. The monoisotopic (exact) mass is 369 g/mol. The molecule has 1 amide bonds. The van der Waals surface area contributed by atoms with Crippen LogP contribution in [0.25, 0.3) is 0 Å². The predicted octanol–water partition coefficient (Wildman–Crippen LogP) is 5.07. The highest BCUT2D eigenvalue weighted by atomic mass is 79.9. The number of carbonyl (C=O) groups is 1. The van der Waals surface area contributed by atoms with Gasteiger partial charge in [-0.3, -0.25) is 4.79 Å². The van der Waals surface area contributed by atoms with Crippen LogP contribution < -0.4 is 0 Å². The molecular weight excluding hydrogens is 357 g/mol. The Bertz CT molecular complexity index is 660. The van der Waals surface area contributed by atoms with Crippen molar-refractivity contribution in [2.24, 2.45) is 0 Å². The number of rotatable bonds is 3. The highest BCUT2D eigenvalue weighted by Gasteiger charge is 2.19. The summed E-state index contributed by atoms with van der Waals surface area (Å²) in [7, 11) is 1.70. The molecule has 0 heterocycles. The van der Waals surface area contributed by atoms with E-state index in [9.17, 15) is 9.18 Å². The van der Waals surface area contributed by atoms with Crippen LogP contribution in [0.1, 0.15) is 28.9 Å². The molecule has 1 atom stereocenters. The Morgan fingerprint density at radius 1 is 1.24 bits per heavy atom. The number of halogens is 3. The lowest BCUT2D eigenvalue weighted by molar-refractivity contribution is 0.0742. The second-order valence-electron chi connectivity index (χ2n) is 4.77. The van der Waals surface area contributed by atoms with E-state index in [2.05, 4.69) is 15.9 Å². The molecule has 0 radical (unpaired) electrons. The van der Waals surface area contributed by atoms with Crippen LogP contribution in [0.4, 0.5) is 4.39 Å². The Morgan fingerprint density at radius 2 is 1.86 bits per heavy atom. The fraction of sp³-hybridized carbons (Fsp3) is 0.188. The van der Waals surface area contributed by atoms with Gasteiger partial charge < -0.3 is 4.90 Å². The highest BCUT2D eigenvalue weighted by Crippen LogP contribution is 2.23. The van der Waals surface area contributed by atoms with Crippen molar-refractivity contribution in [2.75, 3.05) is 7.05 Å². The van der Waals surface area contributed by atoms with Gasteiger partial charge in [0.05, 0.1) is 10.5 Å². The molecule has 21 heavy (non-hydrogen) atoms. The van der Waals surface area contributed by atoms with Gasteiger partial charge in [-0.1, -0.05) is 23.7 Å². The van der Waals surface area contributed by atoms with Gasteiger partial charge >= 0.3 is 0 Å². The zero-order valence-electron chi connectivity index (χ0n) is 11.6. The smallest absolute Gasteiger partial charge is 0.254 e. The van der Waals surface area contributed by atoms with Crippen molar-refractivity contribution in [1.82, 2.24) is 4.90 Å². The van der Waals surface area contributed by atoms with E-state index < -0.39 is 5.82 Å². The predicted molar refractivity (Wildman–Crippen MR) is 86.1 cm³/mol. The largest absolute Gasteiger partial charge is 0.335 e. The molecule has 0 N–H and O–H groups in total. The van der Waals surface area contributed by atoms with E-state index in [0.29, 0.717) is 15.1 Å². The van der Waals surface area contributed by atoms with Crippen molar-refractivity contribution in [2.45, 2.75) is 13.0 Å². The van der Waals surface area contributed by atoms with E-state index in [-0.39, 0.29) is 11.9 Å². The molecule has 0 saturated carbocycles. The van der Waals surface area contributed by atoms with E-state index in [1.54, 1.807) is 30.1 Å². The zero-order valence-corrected chi connectivity index (χ0v) is 14.0. The van der Waals surface area contributed by atoms with E-state index in [0.717, 1.165) is 5.56 Å². The quantitative estimate of drug-likeness (QED) is 0.738. The van der Waals surface area contributed by atoms with Crippen molar-refractivity contribution in [3.05, 3.63) is 68.9 Å². The van der Waals surface area contributed by atoms with Gasteiger partial charge in [-0.15, -0.1) is 0 Å². The van der Waals surface area contributed by atoms with Gasteiger partial charge in [-0.2, -0.15) is 0 Å². The zero-order chi connectivity index (χ0) is 15.6. The first-order chi connectivity index (χ1) is 9.90.